The molecule has 0 amide bonds. The minimum absolute atomic E-state index is 0.0917. The van der Waals surface area contributed by atoms with Crippen molar-refractivity contribution in [1.29, 1.82) is 0 Å². The molecule has 0 aromatic heterocycles. The van der Waals surface area contributed by atoms with E-state index in [-0.39, 0.29) is 30.8 Å². The first-order valence-electron chi connectivity index (χ1n) is 21.0. The van der Waals surface area contributed by atoms with E-state index >= 15 is 0 Å². The highest BCUT2D eigenvalue weighted by atomic mass is 16.7. The minimum atomic E-state index is -1.35. The first kappa shape index (κ1) is 45.0. The van der Waals surface area contributed by atoms with Crippen molar-refractivity contribution in [2.45, 2.75) is 192 Å². The Kier molecular flexibility index (Phi) is 15.5. The molecule has 5 rings (SSSR count). The van der Waals surface area contributed by atoms with Gasteiger partial charge in [-0.25, -0.2) is 4.79 Å². The molecular weight excluding hydrogens is 720 g/mol. The Morgan fingerprint density at radius 1 is 1.12 bits per heavy atom. The Labute approximate surface area is 334 Å². The Morgan fingerprint density at radius 3 is 2.57 bits per heavy atom. The lowest BCUT2D eigenvalue weighted by atomic mass is 9.78. The van der Waals surface area contributed by atoms with Crippen molar-refractivity contribution in [3.8, 4) is 0 Å². The molecule has 5 aliphatic rings. The molecule has 1 spiro atoms. The maximum atomic E-state index is 12.4. The number of methoxy groups -OCH3 is 1. The average Bonchev–Trinajstić information content (AvgIpc) is 3.48. The molecule has 4 heterocycles. The lowest BCUT2D eigenvalue weighted by Crippen LogP contribution is -2.54. The standard InChI is InChI=1S/C44H70O12/c1-11-26(4)39-29(7)17-19-43(56-39)23-33(45)21-34(55-43)16-15-28(6)38(53-36-22-35(49-10)37(46)31(9)52-36)27(5)13-12-14-32-24-50-41-40(54-42(47)51-25(2)3)30(8)18-20-44(32,41)48/h12-15,18,25-27,29,31,33-41,45-46,48H,11,16-17,19-24H2,1-10H3/b13-12+,28-15+,32-14+/t26-,27-,29-,31-,33-,34+,35-,36-,37-,38-,39?,40+,41+,43+,44?/m0/s1. The maximum absolute atomic E-state index is 12.4. The number of carbonyl (C=O) groups excluding carboxylic acids is 1. The van der Waals surface area contributed by atoms with E-state index < -0.39 is 66.6 Å². The van der Waals surface area contributed by atoms with Gasteiger partial charge in [0.2, 0.25) is 0 Å². The van der Waals surface area contributed by atoms with Gasteiger partial charge in [0.05, 0.1) is 49.3 Å². The third-order valence-corrected chi connectivity index (χ3v) is 12.6. The smallest absolute Gasteiger partial charge is 0.432 e. The van der Waals surface area contributed by atoms with Crippen molar-refractivity contribution < 1.29 is 58.0 Å². The first-order valence-corrected chi connectivity index (χ1v) is 21.0. The van der Waals surface area contributed by atoms with Crippen LogP contribution < -0.4 is 0 Å². The summed E-state index contributed by atoms with van der Waals surface area (Å²) in [6, 6.07) is 0. The van der Waals surface area contributed by atoms with Gasteiger partial charge in [-0.05, 0) is 76.0 Å². The normalized spacial score (nSPS) is 40.4. The molecule has 4 aliphatic heterocycles. The molecule has 4 fully saturated rings. The van der Waals surface area contributed by atoms with Gasteiger partial charge >= 0.3 is 6.16 Å². The van der Waals surface area contributed by atoms with Gasteiger partial charge in [0.25, 0.3) is 0 Å². The van der Waals surface area contributed by atoms with Crippen LogP contribution in [0.5, 0.6) is 0 Å². The number of ether oxygens (including phenoxy) is 8. The quantitative estimate of drug-likeness (QED) is 0.132. The number of hydrogen-bond acceptors (Lipinski definition) is 12. The number of hydrogen-bond donors (Lipinski definition) is 3. The van der Waals surface area contributed by atoms with Crippen LogP contribution in [-0.4, -0.2) is 114 Å². The van der Waals surface area contributed by atoms with Crippen LogP contribution in [0.4, 0.5) is 4.79 Å². The van der Waals surface area contributed by atoms with Crippen LogP contribution in [0.1, 0.15) is 114 Å². The maximum Gasteiger partial charge on any atom is 0.509 e. The van der Waals surface area contributed by atoms with Crippen molar-refractivity contribution in [2.24, 2.45) is 17.8 Å². The van der Waals surface area contributed by atoms with Gasteiger partial charge in [-0.15, -0.1) is 0 Å². The van der Waals surface area contributed by atoms with Crippen LogP contribution in [0, 0.1) is 17.8 Å². The minimum Gasteiger partial charge on any atom is -0.432 e. The summed E-state index contributed by atoms with van der Waals surface area (Å²) in [5.41, 5.74) is 1.11. The summed E-state index contributed by atoms with van der Waals surface area (Å²) < 4.78 is 48.8. The number of aliphatic hydroxyl groups excluding tert-OH is 2. The Balaban J connectivity index is 1.32. The van der Waals surface area contributed by atoms with E-state index in [0.717, 1.165) is 30.4 Å². The summed E-state index contributed by atoms with van der Waals surface area (Å²) in [7, 11) is 1.58. The van der Waals surface area contributed by atoms with Crippen molar-refractivity contribution in [3.63, 3.8) is 0 Å². The molecule has 3 N–H and O–H groups in total. The molecule has 0 aromatic carbocycles. The molecule has 56 heavy (non-hydrogen) atoms. The second-order valence-corrected chi connectivity index (χ2v) is 17.4. The molecule has 0 bridgehead atoms. The largest absolute Gasteiger partial charge is 0.509 e. The molecule has 318 valence electrons. The van der Waals surface area contributed by atoms with E-state index in [2.05, 4.69) is 33.8 Å². The Bertz CT molecular complexity index is 1440. The third-order valence-electron chi connectivity index (χ3n) is 12.6. The van der Waals surface area contributed by atoms with E-state index in [1.165, 1.54) is 0 Å². The summed E-state index contributed by atoms with van der Waals surface area (Å²) in [5.74, 6) is -0.0968. The first-order chi connectivity index (χ1) is 26.5. The Morgan fingerprint density at radius 2 is 1.88 bits per heavy atom. The molecule has 0 radical (unpaired) electrons. The number of rotatable bonds is 13. The number of carbonyl (C=O) groups is 1. The fourth-order valence-electron chi connectivity index (χ4n) is 9.04. The van der Waals surface area contributed by atoms with Gasteiger partial charge in [0, 0.05) is 45.1 Å². The zero-order valence-corrected chi connectivity index (χ0v) is 35.3. The van der Waals surface area contributed by atoms with E-state index in [4.69, 9.17) is 37.9 Å². The van der Waals surface area contributed by atoms with Gasteiger partial charge in [0.15, 0.2) is 18.2 Å². The van der Waals surface area contributed by atoms with Gasteiger partial charge in [-0.2, -0.15) is 0 Å². The van der Waals surface area contributed by atoms with Crippen LogP contribution in [0.15, 0.2) is 47.1 Å². The predicted molar refractivity (Wildman–Crippen MR) is 211 cm³/mol. The van der Waals surface area contributed by atoms with Gasteiger partial charge in [-0.1, -0.05) is 64.5 Å². The molecule has 2 unspecified atom stereocenters. The predicted octanol–water partition coefficient (Wildman–Crippen LogP) is 6.85. The third kappa shape index (κ3) is 10.5. The number of allylic oxidation sites excluding steroid dienone is 2. The van der Waals surface area contributed by atoms with Gasteiger partial charge < -0.3 is 53.2 Å². The summed E-state index contributed by atoms with van der Waals surface area (Å²) in [4.78, 5) is 12.4. The topological polar surface area (TPSA) is 152 Å². The summed E-state index contributed by atoms with van der Waals surface area (Å²) in [6.07, 6.45) is 8.86. The molecular formula is C44H70O12. The van der Waals surface area contributed by atoms with E-state index in [1.807, 2.05) is 45.1 Å². The molecule has 12 nitrogen and oxygen atoms in total. The zero-order valence-electron chi connectivity index (χ0n) is 35.3. The van der Waals surface area contributed by atoms with Crippen LogP contribution in [0.3, 0.4) is 0 Å². The van der Waals surface area contributed by atoms with Crippen LogP contribution in [0.25, 0.3) is 0 Å². The van der Waals surface area contributed by atoms with E-state index in [1.54, 1.807) is 21.0 Å². The van der Waals surface area contributed by atoms with Crippen LogP contribution >= 0.6 is 0 Å². The second kappa shape index (κ2) is 19.3. The van der Waals surface area contributed by atoms with Gasteiger partial charge in [0.1, 0.15) is 17.8 Å². The molecule has 0 aromatic rings. The highest BCUT2D eigenvalue weighted by Crippen LogP contribution is 2.45. The molecule has 15 atom stereocenters. The summed E-state index contributed by atoms with van der Waals surface area (Å²) in [5, 5.41) is 33.6. The molecule has 4 saturated heterocycles. The van der Waals surface area contributed by atoms with Gasteiger partial charge in [-0.3, -0.25) is 0 Å². The fourth-order valence-corrected chi connectivity index (χ4v) is 9.04. The number of fused-ring (bicyclic) bond motifs is 1. The monoisotopic (exact) mass is 790 g/mol. The summed E-state index contributed by atoms with van der Waals surface area (Å²) >= 11 is 0. The fraction of sp³-hybridized carbons (Fsp3) is 0.795. The SMILES string of the molecule is CC[C@H](C)C1O[C@]2(CC[C@@H]1C)C[C@@H](O)C[C@@H](C/C=C(\C)[C@@H](O[C@H]1C[C@H](OC)[C@@H](O)[C@H](C)O1)[C@@H](C)/C=C/C=C1\CO[C@@H]3[C@H](OC(=O)OC(C)C)C(C)=CCC13O)O2. The molecule has 1 aliphatic carbocycles. The number of aliphatic hydroxyl groups is 3. The average molecular weight is 791 g/mol. The van der Waals surface area contributed by atoms with E-state index in [9.17, 15) is 20.1 Å². The van der Waals surface area contributed by atoms with Crippen molar-refractivity contribution in [3.05, 3.63) is 47.1 Å². The van der Waals surface area contributed by atoms with Crippen LogP contribution in [-0.2, 0) is 37.9 Å². The van der Waals surface area contributed by atoms with Crippen LogP contribution in [0.2, 0.25) is 0 Å². The Hall–Kier alpha value is -2.13. The lowest BCUT2D eigenvalue weighted by Gasteiger charge is -2.50. The molecule has 12 heteroatoms. The van der Waals surface area contributed by atoms with Crippen molar-refractivity contribution in [1.82, 2.24) is 0 Å². The van der Waals surface area contributed by atoms with Crippen molar-refractivity contribution in [2.75, 3.05) is 13.7 Å². The lowest BCUT2D eigenvalue weighted by molar-refractivity contribution is -0.340. The van der Waals surface area contributed by atoms with Crippen molar-refractivity contribution >= 4 is 6.16 Å². The highest BCUT2D eigenvalue weighted by Gasteiger charge is 2.54. The zero-order chi connectivity index (χ0) is 40.9. The summed E-state index contributed by atoms with van der Waals surface area (Å²) in [6.45, 7) is 18.1. The van der Waals surface area contributed by atoms with E-state index in [0.29, 0.717) is 49.5 Å². The second-order valence-electron chi connectivity index (χ2n) is 17.4. The molecule has 0 saturated carbocycles. The highest BCUT2D eigenvalue weighted by molar-refractivity contribution is 5.61.